The first-order chi connectivity index (χ1) is 6.66. The minimum Gasteiger partial charge on any atom is -0.312 e. The fraction of sp³-hybridized carbons (Fsp3) is 0.364. The predicted molar refractivity (Wildman–Crippen MR) is 57.8 cm³/mol. The molecule has 0 atom stereocenters. The van der Waals surface area contributed by atoms with Crippen LogP contribution >= 0.6 is 11.6 Å². The van der Waals surface area contributed by atoms with E-state index in [1.807, 2.05) is 25.1 Å². The lowest BCUT2D eigenvalue weighted by Gasteiger charge is -2.16. The molecule has 0 radical (unpaired) electrons. The number of hydrogen-bond acceptors (Lipinski definition) is 1. The summed E-state index contributed by atoms with van der Waals surface area (Å²) in [6.45, 7) is 2.80. The molecule has 1 aliphatic heterocycles. The number of hydrogen-bond donors (Lipinski definition) is 0. The molecule has 0 N–H and O–H groups in total. The number of carbonyl (C=O) groups is 1. The first-order valence-corrected chi connectivity index (χ1v) is 5.12. The van der Waals surface area contributed by atoms with Gasteiger partial charge in [-0.2, -0.15) is 0 Å². The van der Waals surface area contributed by atoms with Gasteiger partial charge < -0.3 is 4.90 Å². The summed E-state index contributed by atoms with van der Waals surface area (Å²) in [4.78, 5) is 13.3. The van der Waals surface area contributed by atoms with Crippen molar-refractivity contribution in [3.8, 4) is 0 Å². The Hall–Kier alpha value is -1.02. The van der Waals surface area contributed by atoms with Crippen LogP contribution in [0.25, 0.3) is 0 Å². The van der Waals surface area contributed by atoms with Crippen LogP contribution in [0.3, 0.4) is 0 Å². The van der Waals surface area contributed by atoms with Crippen molar-refractivity contribution in [3.05, 3.63) is 28.8 Å². The van der Waals surface area contributed by atoms with Gasteiger partial charge in [0.15, 0.2) is 0 Å². The van der Waals surface area contributed by atoms with E-state index in [4.69, 9.17) is 11.6 Å². The summed E-state index contributed by atoms with van der Waals surface area (Å²) < 4.78 is 0. The van der Waals surface area contributed by atoms with Gasteiger partial charge in [0.2, 0.25) is 5.91 Å². The van der Waals surface area contributed by atoms with E-state index in [0.29, 0.717) is 11.4 Å². The first-order valence-electron chi connectivity index (χ1n) is 4.74. The zero-order valence-corrected chi connectivity index (χ0v) is 8.84. The average molecular weight is 210 g/mol. The molecule has 0 aliphatic carbocycles. The molecule has 1 heterocycles. The number of rotatable bonds is 1. The summed E-state index contributed by atoms with van der Waals surface area (Å²) >= 11 is 5.94. The highest BCUT2D eigenvalue weighted by Crippen LogP contribution is 2.25. The third-order valence-electron chi connectivity index (χ3n) is 2.41. The predicted octanol–water partition coefficient (Wildman–Crippen LogP) is 2.78. The lowest BCUT2D eigenvalue weighted by atomic mass is 10.2. The Morgan fingerprint density at radius 1 is 1.36 bits per heavy atom. The van der Waals surface area contributed by atoms with E-state index in [-0.39, 0.29) is 5.91 Å². The summed E-state index contributed by atoms with van der Waals surface area (Å²) in [6.07, 6.45) is 1.61. The molecular formula is C11H12ClNO. The standard InChI is InChI=1S/C11H12ClNO/c1-8-5-9(12)7-10(6-8)13-4-2-3-11(13)14/h5-7H,2-4H2,1H3. The van der Waals surface area contributed by atoms with Gasteiger partial charge in [0.05, 0.1) is 0 Å². The molecule has 2 rings (SSSR count). The zero-order chi connectivity index (χ0) is 10.1. The van der Waals surface area contributed by atoms with E-state index in [9.17, 15) is 4.79 Å². The number of amides is 1. The van der Waals surface area contributed by atoms with Gasteiger partial charge in [0.25, 0.3) is 0 Å². The Balaban J connectivity index is 2.35. The largest absolute Gasteiger partial charge is 0.312 e. The van der Waals surface area contributed by atoms with Gasteiger partial charge in [0.1, 0.15) is 0 Å². The van der Waals surface area contributed by atoms with Crippen molar-refractivity contribution < 1.29 is 4.79 Å². The third-order valence-corrected chi connectivity index (χ3v) is 2.63. The first kappa shape index (κ1) is 9.53. The summed E-state index contributed by atoms with van der Waals surface area (Å²) in [5.41, 5.74) is 2.02. The van der Waals surface area contributed by atoms with Gasteiger partial charge in [0, 0.05) is 23.7 Å². The van der Waals surface area contributed by atoms with Gasteiger partial charge in [-0.15, -0.1) is 0 Å². The Morgan fingerprint density at radius 3 is 2.71 bits per heavy atom. The molecule has 1 aromatic carbocycles. The smallest absolute Gasteiger partial charge is 0.227 e. The molecule has 0 saturated carbocycles. The topological polar surface area (TPSA) is 20.3 Å². The molecule has 0 bridgehead atoms. The highest BCUT2D eigenvalue weighted by Gasteiger charge is 2.21. The van der Waals surface area contributed by atoms with E-state index >= 15 is 0 Å². The van der Waals surface area contributed by atoms with Crippen LogP contribution in [-0.4, -0.2) is 12.5 Å². The lowest BCUT2D eigenvalue weighted by Crippen LogP contribution is -2.23. The van der Waals surface area contributed by atoms with E-state index < -0.39 is 0 Å². The molecular weight excluding hydrogens is 198 g/mol. The number of anilines is 1. The minimum atomic E-state index is 0.201. The molecule has 0 aromatic heterocycles. The molecule has 14 heavy (non-hydrogen) atoms. The molecule has 1 aromatic rings. The van der Waals surface area contributed by atoms with E-state index in [1.54, 1.807) is 4.90 Å². The van der Waals surface area contributed by atoms with Crippen molar-refractivity contribution in [2.45, 2.75) is 19.8 Å². The Bertz CT molecular complexity index is 355. The summed E-state index contributed by atoms with van der Waals surface area (Å²) in [6, 6.07) is 5.73. The molecule has 0 unspecified atom stereocenters. The van der Waals surface area contributed by atoms with Crippen molar-refractivity contribution in [2.24, 2.45) is 0 Å². The number of benzene rings is 1. The molecule has 74 valence electrons. The van der Waals surface area contributed by atoms with E-state index in [0.717, 1.165) is 24.2 Å². The van der Waals surface area contributed by atoms with Gasteiger partial charge >= 0.3 is 0 Å². The van der Waals surface area contributed by atoms with Crippen molar-refractivity contribution >= 4 is 23.2 Å². The number of nitrogens with zero attached hydrogens (tertiary/aromatic N) is 1. The van der Waals surface area contributed by atoms with Crippen molar-refractivity contribution in [3.63, 3.8) is 0 Å². The van der Waals surface area contributed by atoms with Crippen LogP contribution in [0, 0.1) is 6.92 Å². The highest BCUT2D eigenvalue weighted by molar-refractivity contribution is 6.31. The fourth-order valence-corrected chi connectivity index (χ4v) is 2.08. The van der Waals surface area contributed by atoms with Crippen molar-refractivity contribution in [1.82, 2.24) is 0 Å². The highest BCUT2D eigenvalue weighted by atomic mass is 35.5. The van der Waals surface area contributed by atoms with E-state index in [1.165, 1.54) is 0 Å². The molecule has 1 fully saturated rings. The van der Waals surface area contributed by atoms with Crippen LogP contribution in [0.15, 0.2) is 18.2 Å². The third kappa shape index (κ3) is 1.75. The molecule has 0 spiro atoms. The summed E-state index contributed by atoms with van der Waals surface area (Å²) in [5.74, 6) is 0.201. The fourth-order valence-electron chi connectivity index (χ4n) is 1.79. The van der Waals surface area contributed by atoms with Gasteiger partial charge in [-0.05, 0) is 37.1 Å². The quantitative estimate of drug-likeness (QED) is 0.697. The maximum atomic E-state index is 11.5. The molecule has 1 amide bonds. The Labute approximate surface area is 88.5 Å². The van der Waals surface area contributed by atoms with Crippen LogP contribution in [0.4, 0.5) is 5.69 Å². The normalized spacial score (nSPS) is 16.4. The number of halogens is 1. The second-order valence-corrected chi connectivity index (χ2v) is 4.07. The van der Waals surface area contributed by atoms with Gasteiger partial charge in [-0.25, -0.2) is 0 Å². The molecule has 2 nitrogen and oxygen atoms in total. The maximum absolute atomic E-state index is 11.5. The summed E-state index contributed by atoms with van der Waals surface area (Å²) in [5, 5.41) is 0.694. The van der Waals surface area contributed by atoms with Crippen molar-refractivity contribution in [2.75, 3.05) is 11.4 Å². The second kappa shape index (κ2) is 3.62. The minimum absolute atomic E-state index is 0.201. The second-order valence-electron chi connectivity index (χ2n) is 3.64. The average Bonchev–Trinajstić information content (AvgIpc) is 2.49. The zero-order valence-electron chi connectivity index (χ0n) is 8.09. The van der Waals surface area contributed by atoms with Crippen LogP contribution in [0.5, 0.6) is 0 Å². The molecule has 3 heteroatoms. The Morgan fingerprint density at radius 2 is 2.14 bits per heavy atom. The van der Waals surface area contributed by atoms with Gasteiger partial charge in [-0.3, -0.25) is 4.79 Å². The van der Waals surface area contributed by atoms with Crippen LogP contribution < -0.4 is 4.90 Å². The SMILES string of the molecule is Cc1cc(Cl)cc(N2CCCC2=O)c1. The summed E-state index contributed by atoms with van der Waals surface area (Å²) in [7, 11) is 0. The van der Waals surface area contributed by atoms with Gasteiger partial charge in [-0.1, -0.05) is 11.6 Å². The Kier molecular flexibility index (Phi) is 2.46. The molecule has 1 aliphatic rings. The van der Waals surface area contributed by atoms with Crippen LogP contribution in [0.1, 0.15) is 18.4 Å². The number of carbonyl (C=O) groups excluding carboxylic acids is 1. The van der Waals surface area contributed by atoms with Crippen LogP contribution in [0.2, 0.25) is 5.02 Å². The number of aryl methyl sites for hydroxylation is 1. The maximum Gasteiger partial charge on any atom is 0.227 e. The van der Waals surface area contributed by atoms with Crippen LogP contribution in [-0.2, 0) is 4.79 Å². The van der Waals surface area contributed by atoms with Crippen molar-refractivity contribution in [1.29, 1.82) is 0 Å². The lowest BCUT2D eigenvalue weighted by molar-refractivity contribution is -0.117. The molecule has 1 saturated heterocycles. The monoisotopic (exact) mass is 209 g/mol. The van der Waals surface area contributed by atoms with E-state index in [2.05, 4.69) is 0 Å².